The molecular weight excluding hydrogens is 941 g/mol. The standard InChI is InChI=1S/C63H76N4O8/c1-4-9-54-47-27-46(26-42-16-19-53(41-10-6-5-7-11-41)55-34-59(72)60(75-3)31-43(55)17-20-57(70)63(74)62(73)56(42)30-47)52(12-8-23-68)44-21-22-65-61(32-44)67-49-18-15-40-14-13-39(24-45(40)28-49)25-51(69)37-64-35-38(2)48-29-50(66-36-48)33-58(54)71/h5-7,10-11,13-15,18,21,24,28-29,31-32,34,36,38,42,46-47,51-54,56,58,63-69,71-72,74H,4,8-9,12,17,20,22-23,25-27,30,33,35,37H2,1-3H3. The van der Waals surface area contributed by atoms with Crippen LogP contribution in [-0.4, -0.2) is 93.7 Å². The van der Waals surface area contributed by atoms with Gasteiger partial charge in [-0.15, -0.1) is 0 Å². The number of aliphatic hydroxyl groups is 4. The van der Waals surface area contributed by atoms with Crippen molar-refractivity contribution in [3.05, 3.63) is 148 Å². The van der Waals surface area contributed by atoms with E-state index in [0.717, 1.165) is 67.8 Å². The fraction of sp³-hybridized carbons (Fsp3) is 0.460. The Morgan fingerprint density at radius 2 is 1.65 bits per heavy atom. The van der Waals surface area contributed by atoms with Crippen molar-refractivity contribution in [1.29, 1.82) is 0 Å². The molecule has 9 rings (SSSR count). The van der Waals surface area contributed by atoms with Crippen molar-refractivity contribution in [2.24, 2.45) is 35.5 Å². The minimum absolute atomic E-state index is 0.00153. The van der Waals surface area contributed by atoms with Crippen LogP contribution in [0.5, 0.6) is 11.5 Å². The molecule has 11 atom stereocenters. The average Bonchev–Trinajstić information content (AvgIpc) is 3.80. The number of dihydropyridines is 1. The van der Waals surface area contributed by atoms with Gasteiger partial charge in [-0.1, -0.05) is 92.8 Å². The summed E-state index contributed by atoms with van der Waals surface area (Å²) < 4.78 is 5.53. The van der Waals surface area contributed by atoms with Crippen LogP contribution in [0.3, 0.4) is 0 Å². The Kier molecular flexibility index (Phi) is 17.6. The van der Waals surface area contributed by atoms with Gasteiger partial charge in [0.05, 0.1) is 25.2 Å². The molecule has 12 nitrogen and oxygen atoms in total. The molecule has 9 bridgehead atoms. The maximum atomic E-state index is 15.2. The van der Waals surface area contributed by atoms with E-state index in [9.17, 15) is 30.3 Å². The molecule has 1 saturated carbocycles. The summed E-state index contributed by atoms with van der Waals surface area (Å²) in [5.41, 5.74) is 7.43. The molecule has 4 aromatic carbocycles. The van der Waals surface area contributed by atoms with E-state index < -0.39 is 47.6 Å². The molecule has 75 heavy (non-hydrogen) atoms. The molecule has 0 spiro atoms. The van der Waals surface area contributed by atoms with Crippen molar-refractivity contribution in [1.82, 2.24) is 15.6 Å². The zero-order chi connectivity index (χ0) is 52.6. The zero-order valence-electron chi connectivity index (χ0n) is 43.7. The number of hydrogen-bond acceptors (Lipinski definition) is 11. The number of carbonyl (C=O) groups is 2. The number of benzene rings is 4. The number of aliphatic hydroxyl groups excluding tert-OH is 4. The summed E-state index contributed by atoms with van der Waals surface area (Å²) in [6.45, 7) is 5.94. The van der Waals surface area contributed by atoms with Gasteiger partial charge in [0.2, 0.25) is 0 Å². The average molecular weight is 1020 g/mol. The highest BCUT2D eigenvalue weighted by molar-refractivity contribution is 6.06. The Balaban J connectivity index is 1.18. The third-order valence-corrected chi connectivity index (χ3v) is 16.7. The number of nitrogens with one attached hydrogen (secondary N) is 4. The molecule has 1 aromatic heterocycles. The number of phenols is 1. The quantitative estimate of drug-likeness (QED) is 0.0560. The lowest BCUT2D eigenvalue weighted by molar-refractivity contribution is -0.142. The van der Waals surface area contributed by atoms with Crippen molar-refractivity contribution in [3.63, 3.8) is 0 Å². The van der Waals surface area contributed by atoms with Crippen LogP contribution in [0.1, 0.15) is 111 Å². The van der Waals surface area contributed by atoms with Gasteiger partial charge in [0.15, 0.2) is 29.2 Å². The number of aromatic amines is 1. The first-order valence-electron chi connectivity index (χ1n) is 27.4. The number of aromatic hydroxyl groups is 1. The van der Waals surface area contributed by atoms with Crippen LogP contribution in [-0.2, 0) is 28.9 Å². The molecule has 0 amide bonds. The Morgan fingerprint density at radius 3 is 2.45 bits per heavy atom. The number of rotatable bonds is 7. The summed E-state index contributed by atoms with van der Waals surface area (Å²) in [4.78, 5) is 32.8. The van der Waals surface area contributed by atoms with Crippen LogP contribution in [0, 0.1) is 47.3 Å². The van der Waals surface area contributed by atoms with Crippen LogP contribution in [0.25, 0.3) is 10.8 Å². The van der Waals surface area contributed by atoms with E-state index in [2.05, 4.69) is 101 Å². The van der Waals surface area contributed by atoms with Crippen molar-refractivity contribution in [2.45, 2.75) is 115 Å². The minimum Gasteiger partial charge on any atom is -0.504 e. The first-order valence-corrected chi connectivity index (χ1v) is 27.4. The highest BCUT2D eigenvalue weighted by atomic mass is 16.5. The molecular formula is C63H76N4O8. The summed E-state index contributed by atoms with van der Waals surface area (Å²) in [5, 5.41) is 70.3. The number of phenolic OH excluding ortho intramolecular Hbond substituents is 1. The maximum absolute atomic E-state index is 15.2. The van der Waals surface area contributed by atoms with Gasteiger partial charge in [-0.25, -0.2) is 0 Å². The summed E-state index contributed by atoms with van der Waals surface area (Å²) >= 11 is 0. The number of methoxy groups -OCH3 is 1. The second-order valence-corrected chi connectivity index (χ2v) is 21.8. The maximum Gasteiger partial charge on any atom is 0.173 e. The predicted molar refractivity (Wildman–Crippen MR) is 294 cm³/mol. The number of ketones is 2. The van der Waals surface area contributed by atoms with E-state index in [4.69, 9.17) is 4.74 Å². The summed E-state index contributed by atoms with van der Waals surface area (Å²) in [6, 6.07) is 28.0. The number of allylic oxidation sites excluding steroid dienone is 2. The molecule has 2 aliphatic carbocycles. The van der Waals surface area contributed by atoms with Crippen LogP contribution in [0.15, 0.2) is 115 Å². The molecule has 0 saturated heterocycles. The molecule has 0 radical (unpaired) electrons. The second-order valence-electron chi connectivity index (χ2n) is 21.8. The van der Waals surface area contributed by atoms with E-state index >= 15 is 4.79 Å². The number of aromatic nitrogens is 1. The smallest absolute Gasteiger partial charge is 0.173 e. The molecule has 4 aliphatic rings. The Hall–Kier alpha value is -6.20. The third-order valence-electron chi connectivity index (χ3n) is 16.7. The van der Waals surface area contributed by atoms with Gasteiger partial charge >= 0.3 is 0 Å². The van der Waals surface area contributed by atoms with Crippen molar-refractivity contribution < 1.29 is 39.9 Å². The summed E-state index contributed by atoms with van der Waals surface area (Å²) in [7, 11) is 1.48. The Bertz CT molecular complexity index is 2920. The number of β-amino-alcohol motifs (C(OH)–C–C–N with tert-alkyl or cyclic N) is 1. The van der Waals surface area contributed by atoms with Crippen LogP contribution >= 0.6 is 0 Å². The molecule has 11 unspecified atom stereocenters. The number of anilines is 1. The van der Waals surface area contributed by atoms with Gasteiger partial charge in [0.1, 0.15) is 5.82 Å². The Morgan fingerprint density at radius 1 is 0.827 bits per heavy atom. The van der Waals surface area contributed by atoms with Crippen LogP contribution < -0.4 is 20.7 Å². The monoisotopic (exact) mass is 1020 g/mol. The van der Waals surface area contributed by atoms with Gasteiger partial charge in [0.25, 0.3) is 0 Å². The van der Waals surface area contributed by atoms with E-state index in [1.54, 1.807) is 12.1 Å². The molecule has 9 N–H and O–H groups in total. The number of aryl methyl sites for hydroxylation is 1. The number of carbonyl (C=O) groups excluding carboxylic acids is 2. The van der Waals surface area contributed by atoms with E-state index in [1.807, 2.05) is 36.5 Å². The van der Waals surface area contributed by atoms with Crippen molar-refractivity contribution in [2.75, 3.05) is 38.7 Å². The number of ether oxygens (including phenoxy) is 1. The highest BCUT2D eigenvalue weighted by Crippen LogP contribution is 2.48. The lowest BCUT2D eigenvalue weighted by atomic mass is 9.71. The van der Waals surface area contributed by atoms with E-state index in [0.29, 0.717) is 71.0 Å². The molecule has 1 fully saturated rings. The SMILES string of the molecule is CCCC1C(O)Cc2cc(c[nH]2)C(C)CNCC(O)Cc2ccc3ccc(cc3c2)NC2=CC(=CCN2)C(CCCO)C2CC3C#CC(c4ccccc4)c4cc(O)c(OC)cc4CCC(=O)C(O)C(=O)C3CC1C2. The normalized spacial score (nSPS) is 28.0. The lowest BCUT2D eigenvalue weighted by Gasteiger charge is -2.36. The molecule has 3 heterocycles. The molecule has 396 valence electrons. The van der Waals surface area contributed by atoms with Gasteiger partial charge in [0, 0.05) is 68.5 Å². The molecule has 5 aromatic rings. The molecule has 12 heteroatoms. The summed E-state index contributed by atoms with van der Waals surface area (Å²) in [5.74, 6) is 4.86. The first kappa shape index (κ1) is 53.6. The predicted octanol–water partition coefficient (Wildman–Crippen LogP) is 8.61. The van der Waals surface area contributed by atoms with Crippen LogP contribution in [0.2, 0.25) is 0 Å². The number of Topliss-reactive ketones (excluding diaryl/α,β-unsaturated/α-hetero) is 2. The van der Waals surface area contributed by atoms with Crippen molar-refractivity contribution >= 4 is 28.0 Å². The van der Waals surface area contributed by atoms with E-state index in [-0.39, 0.29) is 60.5 Å². The lowest BCUT2D eigenvalue weighted by Crippen LogP contribution is -2.40. The first-order chi connectivity index (χ1) is 36.4. The Labute approximate surface area is 442 Å². The number of fused-ring (bicyclic) bond motifs is 9. The van der Waals surface area contributed by atoms with Crippen LogP contribution in [0.4, 0.5) is 5.69 Å². The summed E-state index contributed by atoms with van der Waals surface area (Å²) in [6.07, 6.45) is 8.32. The molecule has 2 aliphatic heterocycles. The van der Waals surface area contributed by atoms with Crippen molar-refractivity contribution in [3.8, 4) is 23.3 Å². The van der Waals surface area contributed by atoms with Gasteiger partial charge in [-0.2, -0.15) is 0 Å². The third kappa shape index (κ3) is 12.7. The fourth-order valence-electron chi connectivity index (χ4n) is 12.7. The number of H-pyrrole nitrogens is 1. The zero-order valence-corrected chi connectivity index (χ0v) is 43.7. The second kappa shape index (κ2) is 24.6. The largest absolute Gasteiger partial charge is 0.504 e. The topological polar surface area (TPSA) is 196 Å². The van der Waals surface area contributed by atoms with Gasteiger partial charge < -0.3 is 51.2 Å². The minimum atomic E-state index is -1.86. The number of hydrogen-bond donors (Lipinski definition) is 9. The van der Waals surface area contributed by atoms with Gasteiger partial charge in [-0.3, -0.25) is 9.59 Å². The van der Waals surface area contributed by atoms with E-state index in [1.165, 1.54) is 7.11 Å². The van der Waals surface area contributed by atoms with Gasteiger partial charge in [-0.05, 0) is 162 Å². The fourth-order valence-corrected chi connectivity index (χ4v) is 12.7. The highest BCUT2D eigenvalue weighted by Gasteiger charge is 2.45.